The number of hydrogen-bond acceptors (Lipinski definition) is 6. The van der Waals surface area contributed by atoms with Gasteiger partial charge in [0.05, 0.1) is 0 Å². The second-order valence-corrected chi connectivity index (χ2v) is 9.15. The molecule has 0 saturated heterocycles. The normalized spacial score (nSPS) is 12.3. The van der Waals surface area contributed by atoms with Crippen molar-refractivity contribution < 1.29 is 30.7 Å². The van der Waals surface area contributed by atoms with E-state index in [0.29, 0.717) is 5.39 Å². The summed E-state index contributed by atoms with van der Waals surface area (Å²) in [6.07, 6.45) is 0. The summed E-state index contributed by atoms with van der Waals surface area (Å²) in [4.78, 5) is -0.498. The van der Waals surface area contributed by atoms with Gasteiger partial charge >= 0.3 is 10.1 Å². The van der Waals surface area contributed by atoms with Crippen LogP contribution in [0, 0.1) is 0 Å². The molecule has 9 heteroatoms. The van der Waals surface area contributed by atoms with Gasteiger partial charge in [-0.2, -0.15) is 16.8 Å². The van der Waals surface area contributed by atoms with E-state index in [1.807, 2.05) is 0 Å². The molecule has 0 spiro atoms. The van der Waals surface area contributed by atoms with Gasteiger partial charge in [0.2, 0.25) is 0 Å². The first-order valence-corrected chi connectivity index (χ1v) is 11.2. The van der Waals surface area contributed by atoms with Crippen molar-refractivity contribution >= 4 is 41.8 Å². The van der Waals surface area contributed by atoms with Gasteiger partial charge < -0.3 is 9.29 Å². The van der Waals surface area contributed by atoms with Gasteiger partial charge in [-0.25, -0.2) is 0 Å². The molecule has 0 aliphatic rings. The third kappa shape index (κ3) is 3.39. The lowest BCUT2D eigenvalue weighted by atomic mass is 10.1. The smallest absolute Gasteiger partial charge is 0.339 e. The fourth-order valence-electron chi connectivity index (χ4n) is 3.19. The summed E-state index contributed by atoms with van der Waals surface area (Å²) in [6.45, 7) is 0. The first kappa shape index (κ1) is 19.2. The van der Waals surface area contributed by atoms with E-state index in [9.17, 15) is 26.5 Å². The van der Waals surface area contributed by atoms with Crippen LogP contribution < -0.4 is 4.18 Å². The van der Waals surface area contributed by atoms with Crippen molar-refractivity contribution in [1.82, 2.24) is 0 Å². The molecule has 4 aromatic carbocycles. The van der Waals surface area contributed by atoms with E-state index in [-0.39, 0.29) is 37.4 Å². The van der Waals surface area contributed by atoms with E-state index in [0.717, 1.165) is 0 Å². The molecule has 2 N–H and O–H groups in total. The highest BCUT2D eigenvalue weighted by molar-refractivity contribution is 7.87. The average Bonchev–Trinajstić information content (AvgIpc) is 2.67. The van der Waals surface area contributed by atoms with E-state index >= 15 is 0 Å². The number of rotatable bonds is 4. The maximum atomic E-state index is 13.0. The van der Waals surface area contributed by atoms with Gasteiger partial charge in [-0.1, -0.05) is 48.5 Å². The zero-order chi connectivity index (χ0) is 20.8. The molecule has 0 heterocycles. The largest absolute Gasteiger partial charge is 0.507 e. The lowest BCUT2D eigenvalue weighted by Crippen LogP contribution is -2.11. The number of phenols is 1. The fourth-order valence-corrected chi connectivity index (χ4v) is 5.05. The van der Waals surface area contributed by atoms with Gasteiger partial charge in [0.1, 0.15) is 15.5 Å². The minimum absolute atomic E-state index is 0.0671. The Hall–Kier alpha value is -3.14. The molecule has 7 nitrogen and oxygen atoms in total. The molecule has 148 valence electrons. The summed E-state index contributed by atoms with van der Waals surface area (Å²) in [7, 11) is -8.83. The van der Waals surface area contributed by atoms with Crippen molar-refractivity contribution in [2.75, 3.05) is 0 Å². The SMILES string of the molecule is O=S(=O)(O)c1cccc2c(OS(=O)(=O)c3ccc(O)c4ccccc34)cccc12. The van der Waals surface area contributed by atoms with E-state index < -0.39 is 20.2 Å². The van der Waals surface area contributed by atoms with Crippen molar-refractivity contribution in [2.45, 2.75) is 9.79 Å². The van der Waals surface area contributed by atoms with Crippen LogP contribution in [0.1, 0.15) is 0 Å². The molecule has 0 saturated carbocycles. The molecule has 0 bridgehead atoms. The number of hydrogen-bond donors (Lipinski definition) is 2. The number of phenolic OH excluding ortho intramolecular Hbond substituents is 1. The molecule has 0 amide bonds. The summed E-state index contributed by atoms with van der Waals surface area (Å²) >= 11 is 0. The molecule has 0 aromatic heterocycles. The van der Waals surface area contributed by atoms with Crippen LogP contribution in [0.15, 0.2) is 82.6 Å². The van der Waals surface area contributed by atoms with Crippen LogP contribution in [0.4, 0.5) is 0 Å². The molecule has 0 unspecified atom stereocenters. The fraction of sp³-hybridized carbons (Fsp3) is 0. The van der Waals surface area contributed by atoms with Crippen LogP contribution in [0.2, 0.25) is 0 Å². The lowest BCUT2D eigenvalue weighted by Gasteiger charge is -2.13. The second-order valence-electron chi connectivity index (χ2n) is 6.25. The monoisotopic (exact) mass is 430 g/mol. The highest BCUT2D eigenvalue weighted by Gasteiger charge is 2.23. The van der Waals surface area contributed by atoms with E-state index in [1.165, 1.54) is 48.5 Å². The summed E-state index contributed by atoms with van der Waals surface area (Å²) in [6, 6.07) is 17.3. The van der Waals surface area contributed by atoms with Gasteiger partial charge in [0.25, 0.3) is 10.1 Å². The van der Waals surface area contributed by atoms with Gasteiger partial charge in [-0.15, -0.1) is 0 Å². The number of fused-ring (bicyclic) bond motifs is 2. The van der Waals surface area contributed by atoms with Crippen LogP contribution in [-0.4, -0.2) is 26.5 Å². The Balaban J connectivity index is 1.89. The van der Waals surface area contributed by atoms with Crippen molar-refractivity contribution in [3.63, 3.8) is 0 Å². The molecular formula is C20H14O7S2. The second kappa shape index (κ2) is 6.73. The first-order valence-electron chi connectivity index (χ1n) is 8.33. The molecule has 0 aliphatic heterocycles. The van der Waals surface area contributed by atoms with Crippen molar-refractivity contribution in [3.8, 4) is 11.5 Å². The summed E-state index contributed by atoms with van der Waals surface area (Å²) in [5, 5.41) is 10.9. The van der Waals surface area contributed by atoms with E-state index in [2.05, 4.69) is 0 Å². The predicted octanol–water partition coefficient (Wildman–Crippen LogP) is 3.71. The molecule has 29 heavy (non-hydrogen) atoms. The van der Waals surface area contributed by atoms with Crippen LogP contribution in [0.5, 0.6) is 11.5 Å². The molecule has 4 aromatic rings. The van der Waals surface area contributed by atoms with Crippen LogP contribution >= 0.6 is 0 Å². The minimum Gasteiger partial charge on any atom is -0.507 e. The van der Waals surface area contributed by atoms with Crippen LogP contribution in [0.25, 0.3) is 21.5 Å². The minimum atomic E-state index is -4.51. The standard InChI is InChI=1S/C20H14O7S2/c21-17-11-12-20(15-6-2-1-5-13(15)17)29(25,26)27-18-9-3-8-16-14(18)7-4-10-19(16)28(22,23)24/h1-12,21H,(H,22,23,24). The third-order valence-electron chi connectivity index (χ3n) is 4.45. The van der Waals surface area contributed by atoms with E-state index in [1.54, 1.807) is 24.3 Å². The Morgan fingerprint density at radius 3 is 1.93 bits per heavy atom. The van der Waals surface area contributed by atoms with Gasteiger partial charge in [-0.05, 0) is 24.3 Å². The Kier molecular flexibility index (Phi) is 4.45. The van der Waals surface area contributed by atoms with Gasteiger partial charge in [0, 0.05) is 21.5 Å². The highest BCUT2D eigenvalue weighted by Crippen LogP contribution is 2.35. The Morgan fingerprint density at radius 2 is 1.21 bits per heavy atom. The maximum Gasteiger partial charge on any atom is 0.339 e. The van der Waals surface area contributed by atoms with E-state index in [4.69, 9.17) is 4.18 Å². The third-order valence-corrected chi connectivity index (χ3v) is 6.66. The zero-order valence-electron chi connectivity index (χ0n) is 14.7. The maximum absolute atomic E-state index is 13.0. The van der Waals surface area contributed by atoms with Crippen molar-refractivity contribution in [3.05, 3.63) is 72.8 Å². The Labute approximate surface area is 166 Å². The lowest BCUT2D eigenvalue weighted by molar-refractivity contribution is 0.480. The summed E-state index contributed by atoms with van der Waals surface area (Å²) in [5.41, 5.74) is 0. The first-order chi connectivity index (χ1) is 13.7. The van der Waals surface area contributed by atoms with Crippen molar-refractivity contribution in [1.29, 1.82) is 0 Å². The highest BCUT2D eigenvalue weighted by atomic mass is 32.2. The molecule has 0 fully saturated rings. The van der Waals surface area contributed by atoms with Crippen molar-refractivity contribution in [2.24, 2.45) is 0 Å². The number of benzene rings is 4. The molecule has 0 atom stereocenters. The van der Waals surface area contributed by atoms with Crippen LogP contribution in [-0.2, 0) is 20.2 Å². The average molecular weight is 430 g/mol. The topological polar surface area (TPSA) is 118 Å². The summed E-state index contributed by atoms with van der Waals surface area (Å²) in [5.74, 6) is -0.160. The number of aromatic hydroxyl groups is 1. The zero-order valence-corrected chi connectivity index (χ0v) is 16.3. The Morgan fingerprint density at radius 1 is 0.621 bits per heavy atom. The molecule has 0 radical (unpaired) electrons. The molecular weight excluding hydrogens is 416 g/mol. The quantitative estimate of drug-likeness (QED) is 0.374. The summed E-state index contributed by atoms with van der Waals surface area (Å²) < 4.78 is 63.9. The molecule has 4 rings (SSSR count). The molecule has 0 aliphatic carbocycles. The van der Waals surface area contributed by atoms with Gasteiger partial charge in [0.15, 0.2) is 5.75 Å². The predicted molar refractivity (Wildman–Crippen MR) is 107 cm³/mol. The van der Waals surface area contributed by atoms with Gasteiger partial charge in [-0.3, -0.25) is 4.55 Å². The Bertz CT molecular complexity index is 1470. The van der Waals surface area contributed by atoms with Crippen LogP contribution in [0.3, 0.4) is 0 Å².